The summed E-state index contributed by atoms with van der Waals surface area (Å²) < 4.78 is 5.92. The molecule has 4 heteroatoms. The first kappa shape index (κ1) is 21.3. The van der Waals surface area contributed by atoms with Crippen LogP contribution in [-0.4, -0.2) is 18.1 Å². The van der Waals surface area contributed by atoms with Crippen molar-refractivity contribution in [2.24, 2.45) is 0 Å². The number of carbonyl (C=O) groups excluding carboxylic acids is 1. The molecule has 3 aromatic carbocycles. The molecule has 1 atom stereocenters. The third-order valence-corrected chi connectivity index (χ3v) is 7.03. The summed E-state index contributed by atoms with van der Waals surface area (Å²) in [5.74, 6) is 0.934. The summed E-state index contributed by atoms with van der Waals surface area (Å²) in [5.41, 5.74) is 5.06. The highest BCUT2D eigenvalue weighted by atomic mass is 16.5. The second-order valence-electron chi connectivity index (χ2n) is 9.54. The van der Waals surface area contributed by atoms with Gasteiger partial charge in [0, 0.05) is 24.1 Å². The average Bonchev–Trinajstić information content (AvgIpc) is 3.01. The number of aryl methyl sites for hydroxylation is 1. The van der Waals surface area contributed by atoms with Gasteiger partial charge < -0.3 is 15.0 Å². The Morgan fingerprint density at radius 1 is 1.03 bits per heavy atom. The maximum Gasteiger partial charge on any atom is 0.223 e. The molecule has 1 N–H and O–H groups in total. The Hall–Kier alpha value is -3.53. The highest BCUT2D eigenvalue weighted by Gasteiger charge is 2.57. The molecule has 1 fully saturated rings. The lowest BCUT2D eigenvalue weighted by molar-refractivity contribution is -0.124. The molecule has 1 amide bonds. The predicted octanol–water partition coefficient (Wildman–Crippen LogP) is 5.60. The maximum atomic E-state index is 12.6. The van der Waals surface area contributed by atoms with Gasteiger partial charge in [0.1, 0.15) is 18.0 Å². The van der Waals surface area contributed by atoms with Gasteiger partial charge in [0.2, 0.25) is 5.91 Å². The van der Waals surface area contributed by atoms with E-state index in [4.69, 9.17) is 4.74 Å². The van der Waals surface area contributed by atoms with Gasteiger partial charge in [-0.1, -0.05) is 80.1 Å². The van der Waals surface area contributed by atoms with Gasteiger partial charge in [-0.05, 0) is 47.9 Å². The number of amides is 1. The van der Waals surface area contributed by atoms with Crippen LogP contribution in [0.4, 0.5) is 5.69 Å². The Bertz CT molecular complexity index is 1200. The van der Waals surface area contributed by atoms with Crippen molar-refractivity contribution in [3.63, 3.8) is 0 Å². The van der Waals surface area contributed by atoms with E-state index in [0.717, 1.165) is 16.9 Å². The molecule has 3 aromatic rings. The highest BCUT2D eigenvalue weighted by molar-refractivity contribution is 5.84. The van der Waals surface area contributed by atoms with E-state index in [0.29, 0.717) is 19.6 Å². The summed E-state index contributed by atoms with van der Waals surface area (Å²) in [4.78, 5) is 14.9. The number of fused-ring (bicyclic) bond motifs is 3. The summed E-state index contributed by atoms with van der Waals surface area (Å²) in [6, 6.07) is 24.9. The molecule has 0 spiro atoms. The van der Waals surface area contributed by atoms with Crippen LogP contribution in [0.1, 0.15) is 42.5 Å². The lowest BCUT2D eigenvalue weighted by Crippen LogP contribution is -2.68. The molecule has 4 nitrogen and oxygen atoms in total. The van der Waals surface area contributed by atoms with Crippen LogP contribution >= 0.6 is 0 Å². The minimum Gasteiger partial charge on any atom is -0.489 e. The van der Waals surface area contributed by atoms with Crippen LogP contribution in [0, 0.1) is 6.92 Å². The number of ether oxygens (including phenoxy) is 1. The Kier molecular flexibility index (Phi) is 5.24. The van der Waals surface area contributed by atoms with Crippen LogP contribution in [0.15, 0.2) is 78.9 Å². The number of nitrogens with zero attached hydrogens (tertiary/aromatic N) is 1. The van der Waals surface area contributed by atoms with Crippen molar-refractivity contribution < 1.29 is 9.53 Å². The lowest BCUT2D eigenvalue weighted by Gasteiger charge is -2.49. The summed E-state index contributed by atoms with van der Waals surface area (Å²) >= 11 is 0. The standard InChI is InChI=1S/C29H30N2O2/c1-21-9-14-26-25(19-21)28(2,3)29(30-27(32)16-18-31(26)29)17-15-22-10-12-24(13-11-22)33-20-23-7-5-4-6-8-23/h4-15,17,19H,16,18,20H2,1-3H3,(H,30,32)/b17-15+/t29-/m0/s1. The normalized spacial score (nSPS) is 20.9. The Morgan fingerprint density at radius 2 is 1.79 bits per heavy atom. The van der Waals surface area contributed by atoms with Crippen LogP contribution < -0.4 is 15.0 Å². The van der Waals surface area contributed by atoms with Gasteiger partial charge >= 0.3 is 0 Å². The van der Waals surface area contributed by atoms with Crippen molar-refractivity contribution in [3.05, 3.63) is 101 Å². The molecule has 0 saturated carbocycles. The van der Waals surface area contributed by atoms with Gasteiger partial charge in [-0.3, -0.25) is 4.79 Å². The summed E-state index contributed by atoms with van der Waals surface area (Å²) in [5, 5.41) is 3.34. The fourth-order valence-corrected chi connectivity index (χ4v) is 5.10. The maximum absolute atomic E-state index is 12.6. The molecule has 33 heavy (non-hydrogen) atoms. The van der Waals surface area contributed by atoms with Crippen LogP contribution in [0.2, 0.25) is 0 Å². The van der Waals surface area contributed by atoms with Gasteiger partial charge in [0.15, 0.2) is 0 Å². The third kappa shape index (κ3) is 3.70. The third-order valence-electron chi connectivity index (χ3n) is 7.03. The van der Waals surface area contributed by atoms with E-state index in [-0.39, 0.29) is 11.3 Å². The smallest absolute Gasteiger partial charge is 0.223 e. The largest absolute Gasteiger partial charge is 0.489 e. The van der Waals surface area contributed by atoms with Gasteiger partial charge in [-0.2, -0.15) is 0 Å². The van der Waals surface area contributed by atoms with E-state index in [1.807, 2.05) is 30.3 Å². The molecule has 5 rings (SSSR count). The zero-order valence-corrected chi connectivity index (χ0v) is 19.5. The molecule has 1 saturated heterocycles. The van der Waals surface area contributed by atoms with Crippen molar-refractivity contribution in [2.75, 3.05) is 11.4 Å². The molecule has 2 aliphatic heterocycles. The number of nitrogens with one attached hydrogen (secondary N) is 1. The SMILES string of the molecule is Cc1ccc2c(c1)C(C)(C)[C@@]1(/C=C/c3ccc(OCc4ccccc4)cc3)NC(=O)CCN21. The van der Waals surface area contributed by atoms with Crippen molar-refractivity contribution in [2.45, 2.75) is 44.9 Å². The molecule has 0 bridgehead atoms. The zero-order chi connectivity index (χ0) is 23.1. The van der Waals surface area contributed by atoms with Crippen molar-refractivity contribution in [1.29, 1.82) is 0 Å². The molecule has 0 aliphatic carbocycles. The number of rotatable bonds is 5. The minimum absolute atomic E-state index is 0.0955. The van der Waals surface area contributed by atoms with Crippen molar-refractivity contribution >= 4 is 17.7 Å². The first-order valence-corrected chi connectivity index (χ1v) is 11.5. The fraction of sp³-hybridized carbons (Fsp3) is 0.276. The topological polar surface area (TPSA) is 41.6 Å². The van der Waals surface area contributed by atoms with Crippen molar-refractivity contribution in [1.82, 2.24) is 5.32 Å². The predicted molar refractivity (Wildman–Crippen MR) is 133 cm³/mol. The lowest BCUT2D eigenvalue weighted by atomic mass is 9.74. The van der Waals surface area contributed by atoms with Crippen LogP contribution in [0.5, 0.6) is 5.75 Å². The Labute approximate surface area is 195 Å². The zero-order valence-electron chi connectivity index (χ0n) is 19.5. The van der Waals surface area contributed by atoms with E-state index in [1.54, 1.807) is 0 Å². The van der Waals surface area contributed by atoms with Gasteiger partial charge in [-0.15, -0.1) is 0 Å². The molecule has 0 radical (unpaired) electrons. The first-order valence-electron chi connectivity index (χ1n) is 11.5. The molecule has 2 heterocycles. The van der Waals surface area contributed by atoms with E-state index in [2.05, 4.69) is 85.6 Å². The molecule has 0 unspecified atom stereocenters. The summed E-state index contributed by atoms with van der Waals surface area (Å²) in [6.07, 6.45) is 4.78. The molecular weight excluding hydrogens is 408 g/mol. The van der Waals surface area contributed by atoms with Crippen LogP contribution in [-0.2, 0) is 16.8 Å². The number of hydrogen-bond donors (Lipinski definition) is 1. The number of carbonyl (C=O) groups is 1. The summed E-state index contributed by atoms with van der Waals surface area (Å²) in [6.45, 7) is 7.83. The summed E-state index contributed by atoms with van der Waals surface area (Å²) in [7, 11) is 0. The molecular formula is C29H30N2O2. The van der Waals surface area contributed by atoms with E-state index in [1.165, 1.54) is 16.8 Å². The molecule has 168 valence electrons. The average molecular weight is 439 g/mol. The number of benzene rings is 3. The van der Waals surface area contributed by atoms with E-state index in [9.17, 15) is 4.79 Å². The first-order chi connectivity index (χ1) is 15.9. The van der Waals surface area contributed by atoms with E-state index >= 15 is 0 Å². The fourth-order valence-electron chi connectivity index (χ4n) is 5.10. The van der Waals surface area contributed by atoms with E-state index < -0.39 is 5.66 Å². The minimum atomic E-state index is -0.596. The van der Waals surface area contributed by atoms with Crippen LogP contribution in [0.25, 0.3) is 6.08 Å². The number of hydrogen-bond acceptors (Lipinski definition) is 3. The van der Waals surface area contributed by atoms with Gasteiger partial charge in [-0.25, -0.2) is 0 Å². The van der Waals surface area contributed by atoms with Crippen molar-refractivity contribution in [3.8, 4) is 5.75 Å². The number of anilines is 1. The second-order valence-corrected chi connectivity index (χ2v) is 9.54. The monoisotopic (exact) mass is 438 g/mol. The second kappa shape index (κ2) is 8.11. The van der Waals surface area contributed by atoms with Gasteiger partial charge in [0.25, 0.3) is 0 Å². The highest BCUT2D eigenvalue weighted by Crippen LogP contribution is 2.52. The van der Waals surface area contributed by atoms with Crippen LogP contribution in [0.3, 0.4) is 0 Å². The quantitative estimate of drug-likeness (QED) is 0.564. The molecule has 2 aliphatic rings. The molecule has 0 aromatic heterocycles. The Balaban J connectivity index is 1.41. The van der Waals surface area contributed by atoms with Gasteiger partial charge in [0.05, 0.1) is 0 Å². The Morgan fingerprint density at radius 3 is 2.55 bits per heavy atom.